The van der Waals surface area contributed by atoms with E-state index >= 15 is 0 Å². The van der Waals surface area contributed by atoms with E-state index in [0.29, 0.717) is 12.1 Å². The molecule has 0 aliphatic heterocycles. The minimum absolute atomic E-state index is 0.0147. The van der Waals surface area contributed by atoms with E-state index in [4.69, 9.17) is 0 Å². The van der Waals surface area contributed by atoms with Gasteiger partial charge in [-0.1, -0.05) is 25.1 Å². The van der Waals surface area contributed by atoms with E-state index in [1.54, 1.807) is 0 Å². The molecule has 2 unspecified atom stereocenters. The lowest BCUT2D eigenvalue weighted by Gasteiger charge is -2.30. The second kappa shape index (κ2) is 11.6. The molecule has 0 bridgehead atoms. The third-order valence-corrected chi connectivity index (χ3v) is 6.48. The van der Waals surface area contributed by atoms with Gasteiger partial charge in [0.25, 0.3) is 0 Å². The highest BCUT2D eigenvalue weighted by atomic mass is 19.1. The Hall–Kier alpha value is -2.51. The Labute approximate surface area is 195 Å². The molecule has 2 aromatic carbocycles. The Morgan fingerprint density at radius 1 is 1.21 bits per heavy atom. The smallest absolute Gasteiger partial charge is 0.225 e. The highest BCUT2D eigenvalue weighted by Gasteiger charge is 2.29. The van der Waals surface area contributed by atoms with Crippen molar-refractivity contribution >= 4 is 11.6 Å². The Bertz CT molecular complexity index is 967. The number of carbonyl (C=O) groups is 1. The van der Waals surface area contributed by atoms with Crippen molar-refractivity contribution in [1.82, 2.24) is 10.6 Å². The Kier molecular flexibility index (Phi) is 8.80. The summed E-state index contributed by atoms with van der Waals surface area (Å²) in [6.07, 6.45) is 3.00. The molecular weight excluding hydrogens is 424 g/mol. The third kappa shape index (κ3) is 6.09. The standard InChI is InChI=1S/C26H35F2N3O2/c1-4-16-9-10-17-7-6-8-23(20(17)11-16)31-15-24(32)21(26(33)29-3)13-18-12-19(27)14-22(28)25(18)30-5-2/h9-12,14,21,23-24,30-32H,4-8,13,15H2,1-3H3,(H,29,33)/t21?,23-,24?/m1/s1. The summed E-state index contributed by atoms with van der Waals surface area (Å²) in [5.41, 5.74) is 4.35. The molecule has 4 N–H and O–H groups in total. The first-order valence-corrected chi connectivity index (χ1v) is 11.8. The molecule has 33 heavy (non-hydrogen) atoms. The predicted molar refractivity (Wildman–Crippen MR) is 127 cm³/mol. The Morgan fingerprint density at radius 3 is 2.70 bits per heavy atom. The number of aliphatic hydroxyl groups excluding tert-OH is 1. The van der Waals surface area contributed by atoms with Crippen molar-refractivity contribution in [2.75, 3.05) is 25.5 Å². The van der Waals surface area contributed by atoms with Crippen LogP contribution in [0.3, 0.4) is 0 Å². The number of carbonyl (C=O) groups excluding carboxylic acids is 1. The summed E-state index contributed by atoms with van der Waals surface area (Å²) in [4.78, 5) is 12.6. The molecule has 5 nitrogen and oxygen atoms in total. The number of benzene rings is 2. The number of aryl methyl sites for hydroxylation is 2. The zero-order chi connectivity index (χ0) is 24.0. The molecule has 1 amide bonds. The van der Waals surface area contributed by atoms with Crippen LogP contribution < -0.4 is 16.0 Å². The Balaban J connectivity index is 1.77. The van der Waals surface area contributed by atoms with Crippen molar-refractivity contribution in [1.29, 1.82) is 0 Å². The van der Waals surface area contributed by atoms with Crippen LogP contribution in [0, 0.1) is 17.6 Å². The van der Waals surface area contributed by atoms with Crippen LogP contribution in [0.1, 0.15) is 55.0 Å². The number of fused-ring (bicyclic) bond motifs is 1. The Morgan fingerprint density at radius 2 is 2.00 bits per heavy atom. The fourth-order valence-corrected chi connectivity index (χ4v) is 4.67. The van der Waals surface area contributed by atoms with Crippen molar-refractivity contribution in [3.05, 3.63) is 64.2 Å². The highest BCUT2D eigenvalue weighted by molar-refractivity contribution is 5.79. The largest absolute Gasteiger partial charge is 0.391 e. The molecule has 180 valence electrons. The lowest BCUT2D eigenvalue weighted by Crippen LogP contribution is -2.43. The topological polar surface area (TPSA) is 73.4 Å². The monoisotopic (exact) mass is 459 g/mol. The molecule has 2 aromatic rings. The van der Waals surface area contributed by atoms with E-state index in [-0.39, 0.29) is 30.6 Å². The average Bonchev–Trinajstić information content (AvgIpc) is 2.82. The third-order valence-electron chi connectivity index (χ3n) is 6.48. The maximum absolute atomic E-state index is 14.3. The minimum Gasteiger partial charge on any atom is -0.391 e. The van der Waals surface area contributed by atoms with Crippen molar-refractivity contribution in [2.45, 2.75) is 58.1 Å². The van der Waals surface area contributed by atoms with Crippen molar-refractivity contribution in [2.24, 2.45) is 5.92 Å². The van der Waals surface area contributed by atoms with Crippen LogP contribution in [-0.4, -0.2) is 37.3 Å². The van der Waals surface area contributed by atoms with Gasteiger partial charge in [-0.05, 0) is 67.3 Å². The molecular formula is C26H35F2N3O2. The molecule has 1 aliphatic carbocycles. The first-order chi connectivity index (χ1) is 15.9. The summed E-state index contributed by atoms with van der Waals surface area (Å²) < 4.78 is 28.3. The van der Waals surface area contributed by atoms with Gasteiger partial charge in [0.1, 0.15) is 11.6 Å². The van der Waals surface area contributed by atoms with Crippen molar-refractivity contribution in [3.63, 3.8) is 0 Å². The second-order valence-corrected chi connectivity index (χ2v) is 8.68. The lowest BCUT2D eigenvalue weighted by atomic mass is 9.85. The summed E-state index contributed by atoms with van der Waals surface area (Å²) in [6.45, 7) is 4.59. The van der Waals surface area contributed by atoms with E-state index in [1.165, 1.54) is 29.8 Å². The van der Waals surface area contributed by atoms with Crippen LogP contribution >= 0.6 is 0 Å². The number of rotatable bonds is 10. The maximum atomic E-state index is 14.3. The van der Waals surface area contributed by atoms with Gasteiger partial charge in [0.05, 0.1) is 17.7 Å². The first-order valence-electron chi connectivity index (χ1n) is 11.8. The number of anilines is 1. The van der Waals surface area contributed by atoms with Gasteiger partial charge < -0.3 is 21.1 Å². The molecule has 0 aromatic heterocycles. The van der Waals surface area contributed by atoms with Gasteiger partial charge in [0, 0.05) is 32.2 Å². The van der Waals surface area contributed by atoms with E-state index in [1.807, 2.05) is 6.92 Å². The van der Waals surface area contributed by atoms with Crippen LogP contribution in [0.5, 0.6) is 0 Å². The normalized spacial score (nSPS) is 17.2. The first kappa shape index (κ1) is 25.1. The van der Waals surface area contributed by atoms with E-state index < -0.39 is 23.7 Å². The van der Waals surface area contributed by atoms with Gasteiger partial charge in [0.2, 0.25) is 5.91 Å². The summed E-state index contributed by atoms with van der Waals surface area (Å²) in [5.74, 6) is -2.64. The van der Waals surface area contributed by atoms with Crippen LogP contribution in [0.2, 0.25) is 0 Å². The number of hydrogen-bond acceptors (Lipinski definition) is 4. The number of hydrogen-bond donors (Lipinski definition) is 4. The quantitative estimate of drug-likeness (QED) is 0.435. The number of nitrogens with one attached hydrogen (secondary N) is 3. The van der Waals surface area contributed by atoms with E-state index in [9.17, 15) is 18.7 Å². The van der Waals surface area contributed by atoms with Crippen LogP contribution in [-0.2, 0) is 24.1 Å². The summed E-state index contributed by atoms with van der Waals surface area (Å²) in [5, 5.41) is 19.9. The van der Waals surface area contributed by atoms with Gasteiger partial charge >= 0.3 is 0 Å². The fraction of sp³-hybridized carbons (Fsp3) is 0.500. The van der Waals surface area contributed by atoms with Crippen LogP contribution in [0.4, 0.5) is 14.5 Å². The molecule has 0 fully saturated rings. The molecule has 3 rings (SSSR count). The summed E-state index contributed by atoms with van der Waals surface area (Å²) >= 11 is 0. The number of aliphatic hydroxyl groups is 1. The molecule has 3 atom stereocenters. The molecule has 0 spiro atoms. The SMILES string of the molecule is CCNc1c(F)cc(F)cc1CC(C(=O)NC)C(O)CN[C@@H]1CCCc2ccc(CC)cc21. The highest BCUT2D eigenvalue weighted by Crippen LogP contribution is 2.31. The van der Waals surface area contributed by atoms with Crippen molar-refractivity contribution < 1.29 is 18.7 Å². The molecule has 1 aliphatic rings. The minimum atomic E-state index is -1.02. The maximum Gasteiger partial charge on any atom is 0.225 e. The predicted octanol–water partition coefficient (Wildman–Crippen LogP) is 3.89. The van der Waals surface area contributed by atoms with Gasteiger partial charge in [-0.15, -0.1) is 0 Å². The zero-order valence-corrected chi connectivity index (χ0v) is 19.7. The van der Waals surface area contributed by atoms with Gasteiger partial charge in [-0.3, -0.25) is 4.79 Å². The van der Waals surface area contributed by atoms with Crippen LogP contribution in [0.15, 0.2) is 30.3 Å². The molecule has 0 radical (unpaired) electrons. The number of amides is 1. The fourth-order valence-electron chi connectivity index (χ4n) is 4.67. The lowest BCUT2D eigenvalue weighted by molar-refractivity contribution is -0.128. The van der Waals surface area contributed by atoms with E-state index in [2.05, 4.69) is 41.1 Å². The molecule has 0 saturated heterocycles. The van der Waals surface area contributed by atoms with Gasteiger partial charge in [0.15, 0.2) is 0 Å². The second-order valence-electron chi connectivity index (χ2n) is 8.68. The van der Waals surface area contributed by atoms with Crippen LogP contribution in [0.25, 0.3) is 0 Å². The summed E-state index contributed by atoms with van der Waals surface area (Å²) in [6, 6.07) is 8.72. The van der Waals surface area contributed by atoms with Gasteiger partial charge in [-0.25, -0.2) is 8.78 Å². The molecule has 0 heterocycles. The molecule has 7 heteroatoms. The number of halogens is 2. The van der Waals surface area contributed by atoms with Gasteiger partial charge in [-0.2, -0.15) is 0 Å². The molecule has 0 saturated carbocycles. The zero-order valence-electron chi connectivity index (χ0n) is 19.7. The van der Waals surface area contributed by atoms with Crippen molar-refractivity contribution in [3.8, 4) is 0 Å². The average molecular weight is 460 g/mol. The summed E-state index contributed by atoms with van der Waals surface area (Å²) in [7, 11) is 1.50. The van der Waals surface area contributed by atoms with E-state index in [0.717, 1.165) is 31.7 Å².